The molecular formula is C23H28N4O5. The smallest absolute Gasteiger partial charge is 0.410 e. The van der Waals surface area contributed by atoms with Gasteiger partial charge >= 0.3 is 12.1 Å². The first-order valence-electron chi connectivity index (χ1n) is 10.7. The number of rotatable bonds is 4. The summed E-state index contributed by atoms with van der Waals surface area (Å²) in [6, 6.07) is 6.68. The third-order valence-corrected chi connectivity index (χ3v) is 6.09. The first-order valence-corrected chi connectivity index (χ1v) is 10.7. The van der Waals surface area contributed by atoms with Crippen LogP contribution in [0.2, 0.25) is 0 Å². The molecule has 1 aliphatic heterocycles. The molecule has 0 unspecified atom stereocenters. The number of carboxylic acid groups (broad SMARTS) is 1. The lowest BCUT2D eigenvalue weighted by Crippen LogP contribution is -2.43. The van der Waals surface area contributed by atoms with Crippen LogP contribution in [0.5, 0.6) is 0 Å². The summed E-state index contributed by atoms with van der Waals surface area (Å²) in [4.78, 5) is 40.4. The van der Waals surface area contributed by atoms with E-state index in [-0.39, 0.29) is 18.0 Å². The Labute approximate surface area is 186 Å². The van der Waals surface area contributed by atoms with Crippen molar-refractivity contribution in [2.24, 2.45) is 0 Å². The quantitative estimate of drug-likeness (QED) is 0.783. The SMILES string of the molecule is CN(C(=O)c1cnn2c1CN(C(=O)OC(C)(C)C)CC2)C1(c2ccc(C(=O)O)cc2)CC1. The lowest BCUT2D eigenvalue weighted by Gasteiger charge is -2.32. The van der Waals surface area contributed by atoms with Gasteiger partial charge in [-0.3, -0.25) is 9.48 Å². The average molecular weight is 441 g/mol. The number of aromatic carboxylic acids is 1. The lowest BCUT2D eigenvalue weighted by atomic mass is 10.0. The van der Waals surface area contributed by atoms with Gasteiger partial charge in [0, 0.05) is 13.6 Å². The summed E-state index contributed by atoms with van der Waals surface area (Å²) in [6.45, 7) is 6.67. The zero-order valence-electron chi connectivity index (χ0n) is 18.8. The fourth-order valence-corrected chi connectivity index (χ4v) is 4.14. The van der Waals surface area contributed by atoms with E-state index in [9.17, 15) is 14.4 Å². The molecule has 9 nitrogen and oxygen atoms in total. The Balaban J connectivity index is 1.54. The minimum Gasteiger partial charge on any atom is -0.478 e. The normalized spacial score (nSPS) is 16.8. The zero-order chi connectivity index (χ0) is 23.3. The van der Waals surface area contributed by atoms with E-state index in [0.717, 1.165) is 18.4 Å². The molecule has 2 amide bonds. The molecule has 2 aliphatic rings. The molecule has 2 heterocycles. The zero-order valence-corrected chi connectivity index (χ0v) is 18.8. The van der Waals surface area contributed by atoms with Gasteiger partial charge in [0.05, 0.1) is 41.6 Å². The van der Waals surface area contributed by atoms with Crippen molar-refractivity contribution in [1.29, 1.82) is 0 Å². The number of aromatic nitrogens is 2. The molecule has 1 aliphatic carbocycles. The summed E-state index contributed by atoms with van der Waals surface area (Å²) < 4.78 is 7.25. The number of carbonyl (C=O) groups is 3. The van der Waals surface area contributed by atoms with Gasteiger partial charge in [0.25, 0.3) is 5.91 Å². The van der Waals surface area contributed by atoms with Gasteiger partial charge in [-0.25, -0.2) is 9.59 Å². The minimum absolute atomic E-state index is 0.169. The van der Waals surface area contributed by atoms with E-state index in [4.69, 9.17) is 9.84 Å². The molecule has 1 saturated carbocycles. The van der Waals surface area contributed by atoms with Crippen LogP contribution in [0.15, 0.2) is 30.5 Å². The van der Waals surface area contributed by atoms with Gasteiger partial charge in [-0.1, -0.05) is 12.1 Å². The maximum atomic E-state index is 13.5. The summed E-state index contributed by atoms with van der Waals surface area (Å²) in [5, 5.41) is 13.5. The summed E-state index contributed by atoms with van der Waals surface area (Å²) in [7, 11) is 1.76. The van der Waals surface area contributed by atoms with Crippen LogP contribution in [-0.2, 0) is 23.4 Å². The number of hydrogen-bond acceptors (Lipinski definition) is 5. The van der Waals surface area contributed by atoms with Crippen LogP contribution >= 0.6 is 0 Å². The van der Waals surface area contributed by atoms with Crippen LogP contribution in [0.1, 0.15) is 65.6 Å². The Morgan fingerprint density at radius 1 is 1.12 bits per heavy atom. The van der Waals surface area contributed by atoms with E-state index in [1.54, 1.807) is 52.0 Å². The van der Waals surface area contributed by atoms with Crippen LogP contribution in [-0.4, -0.2) is 61.9 Å². The van der Waals surface area contributed by atoms with Crippen molar-refractivity contribution in [2.75, 3.05) is 13.6 Å². The van der Waals surface area contributed by atoms with Gasteiger partial charge < -0.3 is 19.6 Å². The van der Waals surface area contributed by atoms with Gasteiger partial charge in [-0.2, -0.15) is 5.10 Å². The highest BCUT2D eigenvalue weighted by atomic mass is 16.6. The van der Waals surface area contributed by atoms with E-state index in [2.05, 4.69) is 5.10 Å². The topological polar surface area (TPSA) is 105 Å². The number of carboxylic acids is 1. The number of benzene rings is 1. The molecule has 1 fully saturated rings. The van der Waals surface area contributed by atoms with Gasteiger partial charge in [-0.05, 0) is 51.3 Å². The summed E-state index contributed by atoms with van der Waals surface area (Å²) >= 11 is 0. The number of amides is 2. The van der Waals surface area contributed by atoms with Gasteiger partial charge in [-0.15, -0.1) is 0 Å². The summed E-state index contributed by atoms with van der Waals surface area (Å²) in [5.41, 5.74) is 1.23. The fraction of sp³-hybridized carbons (Fsp3) is 0.478. The van der Waals surface area contributed by atoms with Crippen molar-refractivity contribution in [1.82, 2.24) is 19.6 Å². The molecule has 2 aromatic rings. The van der Waals surface area contributed by atoms with Crippen molar-refractivity contribution in [3.05, 3.63) is 52.8 Å². The number of ether oxygens (including phenoxy) is 1. The molecule has 0 radical (unpaired) electrons. The van der Waals surface area contributed by atoms with Crippen molar-refractivity contribution in [3.8, 4) is 0 Å². The summed E-state index contributed by atoms with van der Waals surface area (Å²) in [6.07, 6.45) is 2.76. The second kappa shape index (κ2) is 7.65. The largest absolute Gasteiger partial charge is 0.478 e. The maximum Gasteiger partial charge on any atom is 0.410 e. The molecule has 9 heteroatoms. The second-order valence-electron chi connectivity index (χ2n) is 9.41. The predicted octanol–water partition coefficient (Wildman–Crippen LogP) is 3.09. The van der Waals surface area contributed by atoms with Crippen LogP contribution in [0.25, 0.3) is 0 Å². The molecule has 0 saturated heterocycles. The molecule has 1 aromatic carbocycles. The standard InChI is InChI=1S/C23H28N4O5/c1-22(2,3)32-21(31)26-11-12-27-18(14-26)17(13-24-27)19(28)25(4)23(9-10-23)16-7-5-15(6-8-16)20(29)30/h5-8,13H,9-12,14H2,1-4H3,(H,29,30). The average Bonchev–Trinajstić information content (AvgIpc) is 3.44. The molecule has 0 atom stereocenters. The first kappa shape index (κ1) is 21.9. The van der Waals surface area contributed by atoms with Crippen LogP contribution in [0.3, 0.4) is 0 Å². The van der Waals surface area contributed by atoms with E-state index in [1.165, 1.54) is 0 Å². The molecule has 0 spiro atoms. The van der Waals surface area contributed by atoms with E-state index in [1.807, 2.05) is 20.8 Å². The minimum atomic E-state index is -0.980. The van der Waals surface area contributed by atoms with Gasteiger partial charge in [0.1, 0.15) is 5.60 Å². The number of carbonyl (C=O) groups excluding carboxylic acids is 2. The van der Waals surface area contributed by atoms with E-state index in [0.29, 0.717) is 24.3 Å². The molecule has 4 rings (SSSR count). The Morgan fingerprint density at radius 3 is 2.34 bits per heavy atom. The van der Waals surface area contributed by atoms with Crippen molar-refractivity contribution >= 4 is 18.0 Å². The van der Waals surface area contributed by atoms with Gasteiger partial charge in [0.2, 0.25) is 0 Å². The maximum absolute atomic E-state index is 13.5. The third-order valence-electron chi connectivity index (χ3n) is 6.09. The van der Waals surface area contributed by atoms with Gasteiger partial charge in [0.15, 0.2) is 0 Å². The molecular weight excluding hydrogens is 412 g/mol. The molecule has 0 bridgehead atoms. The Hall–Kier alpha value is -3.36. The van der Waals surface area contributed by atoms with E-state index < -0.39 is 23.2 Å². The van der Waals surface area contributed by atoms with Crippen molar-refractivity contribution in [3.63, 3.8) is 0 Å². The highest BCUT2D eigenvalue weighted by Gasteiger charge is 2.50. The fourth-order valence-electron chi connectivity index (χ4n) is 4.14. The predicted molar refractivity (Wildman–Crippen MR) is 115 cm³/mol. The lowest BCUT2D eigenvalue weighted by molar-refractivity contribution is 0.0192. The Bertz CT molecular complexity index is 1060. The monoisotopic (exact) mass is 440 g/mol. The number of nitrogens with zero attached hydrogens (tertiary/aromatic N) is 4. The number of hydrogen-bond donors (Lipinski definition) is 1. The number of fused-ring (bicyclic) bond motifs is 1. The summed E-state index contributed by atoms with van der Waals surface area (Å²) in [5.74, 6) is -1.15. The Kier molecular flexibility index (Phi) is 5.22. The third kappa shape index (κ3) is 3.94. The van der Waals surface area contributed by atoms with Crippen LogP contribution in [0.4, 0.5) is 4.79 Å². The second-order valence-corrected chi connectivity index (χ2v) is 9.41. The highest BCUT2D eigenvalue weighted by Crippen LogP contribution is 2.51. The first-order chi connectivity index (χ1) is 15.0. The molecule has 32 heavy (non-hydrogen) atoms. The molecule has 1 aromatic heterocycles. The Morgan fingerprint density at radius 2 is 1.78 bits per heavy atom. The van der Waals surface area contributed by atoms with Crippen LogP contribution < -0.4 is 0 Å². The van der Waals surface area contributed by atoms with Crippen molar-refractivity contribution in [2.45, 2.75) is 57.8 Å². The van der Waals surface area contributed by atoms with E-state index >= 15 is 0 Å². The van der Waals surface area contributed by atoms with Crippen molar-refractivity contribution < 1.29 is 24.2 Å². The highest BCUT2D eigenvalue weighted by molar-refractivity contribution is 5.96. The molecule has 170 valence electrons. The van der Waals surface area contributed by atoms with Crippen LogP contribution in [0, 0.1) is 0 Å². The molecule has 1 N–H and O–H groups in total.